The van der Waals surface area contributed by atoms with Crippen molar-refractivity contribution >= 4 is 67.9 Å². The number of nitrogens with zero attached hydrogens (tertiary/aromatic N) is 2. The maximum atomic E-state index is 2.50. The van der Waals surface area contributed by atoms with Crippen molar-refractivity contribution in [2.45, 2.75) is 43.9 Å². The van der Waals surface area contributed by atoms with Gasteiger partial charge in [0.25, 0.3) is 0 Å². The average molecular weight is 1240 g/mol. The summed E-state index contributed by atoms with van der Waals surface area (Å²) in [7, 11) is 0. The van der Waals surface area contributed by atoms with Crippen LogP contribution in [0, 0.1) is 0 Å². The lowest BCUT2D eigenvalue weighted by Gasteiger charge is -2.31. The van der Waals surface area contributed by atoms with Gasteiger partial charge in [0, 0.05) is 43.7 Å². The van der Waals surface area contributed by atoms with E-state index in [1.165, 1.54) is 177 Å². The van der Waals surface area contributed by atoms with Gasteiger partial charge in [-0.3, -0.25) is 0 Å². The molecule has 0 saturated heterocycles. The Morgan fingerprint density at radius 2 is 0.526 bits per heavy atom. The van der Waals surface area contributed by atoms with Crippen molar-refractivity contribution in [1.29, 1.82) is 0 Å². The van der Waals surface area contributed by atoms with Gasteiger partial charge in [0.15, 0.2) is 0 Å². The molecule has 0 aliphatic heterocycles. The largest absolute Gasteiger partial charge is 0.309 e. The zero-order valence-corrected chi connectivity index (χ0v) is 54.6. The molecule has 4 aliphatic carbocycles. The fraction of sp³-hybridized carbons (Fsp3) is 0.0737. The first kappa shape index (κ1) is 55.6. The van der Waals surface area contributed by atoms with Crippen molar-refractivity contribution in [1.82, 2.24) is 9.13 Å². The summed E-state index contributed by atoms with van der Waals surface area (Å²) in [6, 6.07) is 114. The van der Waals surface area contributed by atoms with Crippen molar-refractivity contribution < 1.29 is 0 Å². The standard InChI is InChI=1S/C95H66N2/c1-93(2)81-23-11-5-17-69(81)73-49-45-67(57-85(73)93)96-89-27-15-9-21-77(89)79-53-61(37-51-91(79)96)31-29-59-33-39-63(40-34-59)65-43-47-75-76-48-44-66(56-88(76)95(87(75)55-65)83-25-13-7-19-71(83)72-20-8-14-26-84(72)95)64-41-35-60(36-42-64)30-32-62-38-52-92-80(54-62)78-22-10-16-28-90(78)97(92)68-46-50-74-70-18-6-12-24-82(70)94(3,4)86(74)58-68/h5-58H,1-4H3. The highest BCUT2D eigenvalue weighted by Crippen LogP contribution is 2.64. The van der Waals surface area contributed by atoms with Crippen LogP contribution in [0.25, 0.3) is 146 Å². The molecule has 20 rings (SSSR count). The Kier molecular flexibility index (Phi) is 11.8. The molecular weight excluding hydrogens is 1170 g/mol. The lowest BCUT2D eigenvalue weighted by molar-refractivity contribution is 0.660. The second-order valence-corrected chi connectivity index (χ2v) is 28.3. The molecule has 0 amide bonds. The van der Waals surface area contributed by atoms with Crippen molar-refractivity contribution in [3.8, 4) is 78.1 Å². The molecule has 0 unspecified atom stereocenters. The van der Waals surface area contributed by atoms with Crippen LogP contribution in [0.5, 0.6) is 0 Å². The van der Waals surface area contributed by atoms with Crippen LogP contribution in [-0.2, 0) is 16.2 Å². The monoisotopic (exact) mass is 1230 g/mol. The number of rotatable bonds is 8. The van der Waals surface area contributed by atoms with E-state index in [1.807, 2.05) is 0 Å². The summed E-state index contributed by atoms with van der Waals surface area (Å²) in [5.41, 5.74) is 37.6. The molecule has 456 valence electrons. The summed E-state index contributed by atoms with van der Waals surface area (Å²) in [6.45, 7) is 9.45. The Balaban J connectivity index is 0.596. The molecule has 0 fully saturated rings. The van der Waals surface area contributed by atoms with E-state index in [1.54, 1.807) is 0 Å². The van der Waals surface area contributed by atoms with Gasteiger partial charge in [-0.1, -0.05) is 283 Å². The third kappa shape index (κ3) is 8.02. The molecule has 16 aromatic rings. The van der Waals surface area contributed by atoms with Gasteiger partial charge < -0.3 is 9.13 Å². The molecule has 4 aliphatic rings. The van der Waals surface area contributed by atoms with Gasteiger partial charge in [-0.2, -0.15) is 0 Å². The molecule has 2 heterocycles. The predicted molar refractivity (Wildman–Crippen MR) is 408 cm³/mol. The van der Waals surface area contributed by atoms with Crippen LogP contribution in [0.3, 0.4) is 0 Å². The molecule has 14 aromatic carbocycles. The van der Waals surface area contributed by atoms with Crippen LogP contribution in [0.1, 0.15) is 94.5 Å². The molecule has 2 aromatic heterocycles. The lowest BCUT2D eigenvalue weighted by Crippen LogP contribution is -2.26. The van der Waals surface area contributed by atoms with E-state index < -0.39 is 5.41 Å². The summed E-state index contributed by atoms with van der Waals surface area (Å²) in [6.07, 6.45) is 9.03. The summed E-state index contributed by atoms with van der Waals surface area (Å²) in [5, 5.41) is 5.02. The zero-order valence-electron chi connectivity index (χ0n) is 54.6. The molecule has 97 heavy (non-hydrogen) atoms. The van der Waals surface area contributed by atoms with Gasteiger partial charge in [-0.05, 0) is 206 Å². The first-order valence-electron chi connectivity index (χ1n) is 34.2. The molecule has 0 saturated carbocycles. The van der Waals surface area contributed by atoms with Crippen LogP contribution < -0.4 is 0 Å². The summed E-state index contributed by atoms with van der Waals surface area (Å²) < 4.78 is 4.90. The molecule has 2 nitrogen and oxygen atoms in total. The minimum absolute atomic E-state index is 0.0747. The van der Waals surface area contributed by atoms with Crippen LogP contribution in [-0.4, -0.2) is 9.13 Å². The first-order valence-corrected chi connectivity index (χ1v) is 34.2. The van der Waals surface area contributed by atoms with E-state index in [2.05, 4.69) is 364 Å². The molecule has 2 heteroatoms. The normalized spacial score (nSPS) is 14.6. The molecular formula is C95H66N2. The topological polar surface area (TPSA) is 9.86 Å². The quantitative estimate of drug-likeness (QED) is 0.134. The fourth-order valence-corrected chi connectivity index (χ4v) is 17.9. The fourth-order valence-electron chi connectivity index (χ4n) is 17.9. The highest BCUT2D eigenvalue weighted by molar-refractivity contribution is 6.11. The number of benzene rings is 14. The third-order valence-electron chi connectivity index (χ3n) is 22.6. The maximum Gasteiger partial charge on any atom is 0.0725 e. The van der Waals surface area contributed by atoms with Gasteiger partial charge in [0.2, 0.25) is 0 Å². The molecule has 0 atom stereocenters. The van der Waals surface area contributed by atoms with E-state index in [0.717, 1.165) is 11.1 Å². The SMILES string of the molecule is CC1(C)c2ccccc2-c2ccc(-n3c4ccccc4c4cc(C=Cc5ccc(-c6ccc7c(c6)C6(c8ccccc8-c8ccccc86)c6cc(-c8ccc(C=Cc9ccc%10c(c9)c9ccccc9n%10-c9ccc%10c(c9)C(C)(C)c9ccccc9-%10)cc8)ccc6-7)cc5)ccc43)cc21. The molecule has 0 N–H and O–H groups in total. The maximum absolute atomic E-state index is 2.50. The van der Waals surface area contributed by atoms with Gasteiger partial charge in [0.05, 0.1) is 27.5 Å². The summed E-state index contributed by atoms with van der Waals surface area (Å²) >= 11 is 0. The first-order chi connectivity index (χ1) is 47.6. The molecule has 0 radical (unpaired) electrons. The number of fused-ring (bicyclic) bond motifs is 22. The Morgan fingerprint density at radius 1 is 0.216 bits per heavy atom. The third-order valence-corrected chi connectivity index (χ3v) is 22.6. The Morgan fingerprint density at radius 3 is 0.959 bits per heavy atom. The van der Waals surface area contributed by atoms with Gasteiger partial charge in [-0.15, -0.1) is 0 Å². The average Bonchev–Trinajstić information content (AvgIpc) is 1.51. The highest BCUT2D eigenvalue weighted by atomic mass is 15.0. The van der Waals surface area contributed by atoms with Crippen LogP contribution in [0.15, 0.2) is 303 Å². The lowest BCUT2D eigenvalue weighted by atomic mass is 9.70. The summed E-state index contributed by atoms with van der Waals surface area (Å²) in [4.78, 5) is 0. The minimum atomic E-state index is -0.495. The van der Waals surface area contributed by atoms with Gasteiger partial charge in [-0.25, -0.2) is 0 Å². The number of aromatic nitrogens is 2. The zero-order chi connectivity index (χ0) is 64.5. The number of hydrogen-bond donors (Lipinski definition) is 0. The number of para-hydroxylation sites is 2. The van der Waals surface area contributed by atoms with Crippen molar-refractivity contribution in [3.63, 3.8) is 0 Å². The number of hydrogen-bond acceptors (Lipinski definition) is 0. The smallest absolute Gasteiger partial charge is 0.0725 e. The minimum Gasteiger partial charge on any atom is -0.309 e. The Bertz CT molecular complexity index is 5730. The van der Waals surface area contributed by atoms with Gasteiger partial charge in [0.1, 0.15) is 0 Å². The second-order valence-electron chi connectivity index (χ2n) is 28.3. The molecule has 1 spiro atoms. The van der Waals surface area contributed by atoms with Crippen LogP contribution >= 0.6 is 0 Å². The predicted octanol–water partition coefficient (Wildman–Crippen LogP) is 24.5. The highest BCUT2D eigenvalue weighted by Gasteiger charge is 2.52. The van der Waals surface area contributed by atoms with E-state index in [9.17, 15) is 0 Å². The van der Waals surface area contributed by atoms with Crippen LogP contribution in [0.4, 0.5) is 0 Å². The van der Waals surface area contributed by atoms with E-state index in [0.29, 0.717) is 0 Å². The van der Waals surface area contributed by atoms with E-state index >= 15 is 0 Å². The van der Waals surface area contributed by atoms with E-state index in [4.69, 9.17) is 0 Å². The van der Waals surface area contributed by atoms with E-state index in [-0.39, 0.29) is 10.8 Å². The van der Waals surface area contributed by atoms with Crippen molar-refractivity contribution in [2.24, 2.45) is 0 Å². The van der Waals surface area contributed by atoms with Gasteiger partial charge >= 0.3 is 0 Å². The van der Waals surface area contributed by atoms with Crippen molar-refractivity contribution in [3.05, 3.63) is 370 Å². The van der Waals surface area contributed by atoms with Crippen molar-refractivity contribution in [2.75, 3.05) is 0 Å². The molecule has 0 bridgehead atoms. The second kappa shape index (κ2) is 20.6. The Labute approximate surface area is 565 Å². The summed E-state index contributed by atoms with van der Waals surface area (Å²) in [5.74, 6) is 0. The van der Waals surface area contributed by atoms with Crippen LogP contribution in [0.2, 0.25) is 0 Å². The Hall–Kier alpha value is -11.8.